The molecule has 3 rings (SSSR count). The number of halogens is 1. The average Bonchev–Trinajstić information content (AvgIpc) is 2.79. The number of aryl methyl sites for hydroxylation is 2. The van der Waals surface area contributed by atoms with Crippen molar-refractivity contribution in [2.24, 2.45) is 0 Å². The molecule has 2 N–H and O–H groups in total. The van der Waals surface area contributed by atoms with E-state index >= 15 is 0 Å². The molecule has 0 saturated carbocycles. The fourth-order valence-corrected chi connectivity index (χ4v) is 3.62. The Bertz CT molecular complexity index is 1180. The molecule has 0 fully saturated rings. The maximum atomic E-state index is 12.8. The number of esters is 2. The Kier molecular flexibility index (Phi) is 9.82. The van der Waals surface area contributed by atoms with Crippen LogP contribution >= 0.6 is 12.4 Å². The number of hydrogen-bond donors (Lipinski definition) is 2. The first-order chi connectivity index (χ1) is 16.4. The van der Waals surface area contributed by atoms with Crippen LogP contribution in [0.4, 0.5) is 0 Å². The fourth-order valence-electron chi connectivity index (χ4n) is 3.62. The van der Waals surface area contributed by atoms with E-state index in [1.807, 2.05) is 65.8 Å². The van der Waals surface area contributed by atoms with Crippen molar-refractivity contribution in [3.05, 3.63) is 94.5 Å². The van der Waals surface area contributed by atoms with Crippen molar-refractivity contribution in [1.82, 2.24) is 5.32 Å². The van der Waals surface area contributed by atoms with Gasteiger partial charge in [0.1, 0.15) is 0 Å². The van der Waals surface area contributed by atoms with Gasteiger partial charge in [0.05, 0.1) is 17.2 Å². The van der Waals surface area contributed by atoms with Crippen molar-refractivity contribution in [2.75, 3.05) is 0 Å². The van der Waals surface area contributed by atoms with Gasteiger partial charge in [-0.3, -0.25) is 0 Å². The van der Waals surface area contributed by atoms with Gasteiger partial charge in [-0.1, -0.05) is 41.5 Å². The van der Waals surface area contributed by atoms with Crippen molar-refractivity contribution >= 4 is 24.3 Å². The van der Waals surface area contributed by atoms with Crippen LogP contribution < -0.4 is 14.8 Å². The lowest BCUT2D eigenvalue weighted by atomic mass is 9.99. The Hall–Kier alpha value is -3.19. The molecule has 2 unspecified atom stereocenters. The van der Waals surface area contributed by atoms with E-state index in [4.69, 9.17) is 9.47 Å². The lowest BCUT2D eigenvalue weighted by Crippen LogP contribution is -2.44. The van der Waals surface area contributed by atoms with Crippen LogP contribution in [-0.4, -0.2) is 28.6 Å². The van der Waals surface area contributed by atoms with Gasteiger partial charge in [0.25, 0.3) is 0 Å². The van der Waals surface area contributed by atoms with E-state index in [0.717, 1.165) is 11.1 Å². The third-order valence-electron chi connectivity index (χ3n) is 5.42. The Morgan fingerprint density at radius 3 is 1.67 bits per heavy atom. The first-order valence-corrected chi connectivity index (χ1v) is 11.6. The molecule has 192 valence electrons. The molecule has 6 nitrogen and oxygen atoms in total. The van der Waals surface area contributed by atoms with E-state index < -0.39 is 18.0 Å². The predicted octanol–water partition coefficient (Wildman–Crippen LogP) is 5.97. The number of hydrogen-bond acceptors (Lipinski definition) is 6. The quantitative estimate of drug-likeness (QED) is 0.300. The summed E-state index contributed by atoms with van der Waals surface area (Å²) in [6.07, 6.45) is -0.882. The number of ether oxygens (including phenoxy) is 2. The summed E-state index contributed by atoms with van der Waals surface area (Å²) in [6.45, 7) is 11.8. The van der Waals surface area contributed by atoms with Crippen LogP contribution in [-0.2, 0) is 0 Å². The van der Waals surface area contributed by atoms with Crippen LogP contribution in [0.15, 0.2) is 66.7 Å². The number of benzene rings is 3. The summed E-state index contributed by atoms with van der Waals surface area (Å²) in [4.78, 5) is 25.6. The Morgan fingerprint density at radius 1 is 0.778 bits per heavy atom. The van der Waals surface area contributed by atoms with Gasteiger partial charge in [0.2, 0.25) is 0 Å². The molecule has 0 aliphatic carbocycles. The van der Waals surface area contributed by atoms with Gasteiger partial charge >= 0.3 is 11.9 Å². The molecule has 3 aromatic rings. The first kappa shape index (κ1) is 29.0. The topological polar surface area (TPSA) is 84.9 Å². The second-order valence-corrected chi connectivity index (χ2v) is 9.85. The summed E-state index contributed by atoms with van der Waals surface area (Å²) >= 11 is 0. The zero-order valence-electron chi connectivity index (χ0n) is 21.5. The monoisotopic (exact) mass is 511 g/mol. The summed E-state index contributed by atoms with van der Waals surface area (Å²) in [5.74, 6) is -1.03. The minimum absolute atomic E-state index is 0. The van der Waals surface area contributed by atoms with Crippen molar-refractivity contribution in [3.8, 4) is 11.5 Å². The summed E-state index contributed by atoms with van der Waals surface area (Å²) in [6, 6.07) is 18.4. The Labute approximate surface area is 219 Å². The summed E-state index contributed by atoms with van der Waals surface area (Å²) in [5, 5.41) is 14.3. The van der Waals surface area contributed by atoms with Gasteiger partial charge in [-0.2, -0.15) is 0 Å². The van der Waals surface area contributed by atoms with Crippen LogP contribution in [0, 0.1) is 13.8 Å². The van der Waals surface area contributed by atoms with E-state index in [0.29, 0.717) is 16.7 Å². The van der Waals surface area contributed by atoms with E-state index in [1.165, 1.54) is 12.1 Å². The smallest absolute Gasteiger partial charge is 0.343 e. The molecule has 0 bridgehead atoms. The van der Waals surface area contributed by atoms with Gasteiger partial charge in [-0.15, -0.1) is 12.4 Å². The number of carbonyl (C=O) groups is 2. The largest absolute Gasteiger partial charge is 0.419 e. The zero-order chi connectivity index (χ0) is 25.8. The first-order valence-electron chi connectivity index (χ1n) is 11.6. The molecule has 0 radical (unpaired) electrons. The maximum absolute atomic E-state index is 12.8. The highest BCUT2D eigenvalue weighted by Gasteiger charge is 2.24. The molecule has 0 aromatic heterocycles. The van der Waals surface area contributed by atoms with Gasteiger partial charge in [0.15, 0.2) is 11.5 Å². The lowest BCUT2D eigenvalue weighted by molar-refractivity contribution is 0.0681. The normalized spacial score (nSPS) is 12.8. The standard InChI is InChI=1S/C29H33NO5.ClH/c1-18-7-11-21(12-8-18)27(32)34-24-16-15-23(26(31)20(3)30-29(4,5)6)17-25(24)35-28(33)22-13-9-19(2)10-14-22;/h7-17,20,26,30-31H,1-6H3;1H. The van der Waals surface area contributed by atoms with Crippen LogP contribution in [0.1, 0.15) is 71.2 Å². The van der Waals surface area contributed by atoms with Crippen molar-refractivity contribution in [3.63, 3.8) is 0 Å². The molecule has 0 heterocycles. The van der Waals surface area contributed by atoms with Crippen LogP contribution in [0.2, 0.25) is 0 Å². The van der Waals surface area contributed by atoms with E-state index in [2.05, 4.69) is 5.32 Å². The zero-order valence-corrected chi connectivity index (χ0v) is 22.3. The molecular formula is C29H34ClNO5. The molecule has 36 heavy (non-hydrogen) atoms. The number of carbonyl (C=O) groups excluding carboxylic acids is 2. The van der Waals surface area contributed by atoms with Crippen LogP contribution in [0.5, 0.6) is 11.5 Å². The summed E-state index contributed by atoms with van der Waals surface area (Å²) in [5.41, 5.74) is 3.09. The molecule has 0 amide bonds. The van der Waals surface area contributed by atoms with Gasteiger partial charge < -0.3 is 19.9 Å². The van der Waals surface area contributed by atoms with Crippen LogP contribution in [0.3, 0.4) is 0 Å². The number of aliphatic hydroxyl groups excluding tert-OH is 1. The van der Waals surface area contributed by atoms with E-state index in [9.17, 15) is 14.7 Å². The molecule has 2 atom stereocenters. The average molecular weight is 512 g/mol. The third-order valence-corrected chi connectivity index (χ3v) is 5.42. The van der Waals surface area contributed by atoms with Gasteiger partial charge in [-0.25, -0.2) is 9.59 Å². The highest BCUT2D eigenvalue weighted by molar-refractivity contribution is 5.93. The third kappa shape index (κ3) is 7.92. The minimum atomic E-state index is -0.882. The second kappa shape index (κ2) is 12.2. The SMILES string of the molecule is Cc1ccc(C(=O)Oc2ccc(C(O)C(C)NC(C)(C)C)cc2OC(=O)c2ccc(C)cc2)cc1.Cl. The molecule has 7 heteroatoms. The second-order valence-electron chi connectivity index (χ2n) is 9.85. The van der Waals surface area contributed by atoms with Crippen molar-refractivity contribution in [2.45, 2.75) is 59.2 Å². The van der Waals surface area contributed by atoms with E-state index in [-0.39, 0.29) is 35.5 Å². The predicted molar refractivity (Wildman–Crippen MR) is 143 cm³/mol. The fraction of sp³-hybridized carbons (Fsp3) is 0.310. The maximum Gasteiger partial charge on any atom is 0.343 e. The number of nitrogens with one attached hydrogen (secondary N) is 1. The molecule has 0 spiro atoms. The summed E-state index contributed by atoms with van der Waals surface area (Å²) < 4.78 is 11.2. The van der Waals surface area contributed by atoms with Crippen molar-refractivity contribution in [1.29, 1.82) is 0 Å². The van der Waals surface area contributed by atoms with Gasteiger partial charge in [-0.05, 0) is 83.5 Å². The highest BCUT2D eigenvalue weighted by Crippen LogP contribution is 2.33. The number of rotatable bonds is 7. The molecule has 0 aliphatic heterocycles. The molecule has 3 aromatic carbocycles. The highest BCUT2D eigenvalue weighted by atomic mass is 35.5. The van der Waals surface area contributed by atoms with Crippen molar-refractivity contribution < 1.29 is 24.2 Å². The lowest BCUT2D eigenvalue weighted by Gasteiger charge is -2.29. The Balaban J connectivity index is 0.00000456. The summed E-state index contributed by atoms with van der Waals surface area (Å²) in [7, 11) is 0. The molecule has 0 saturated heterocycles. The van der Waals surface area contributed by atoms with E-state index in [1.54, 1.807) is 30.3 Å². The molecule has 0 aliphatic rings. The number of aliphatic hydroxyl groups is 1. The van der Waals surface area contributed by atoms with Crippen LogP contribution in [0.25, 0.3) is 0 Å². The minimum Gasteiger partial charge on any atom is -0.419 e. The van der Waals surface area contributed by atoms with Gasteiger partial charge in [0, 0.05) is 11.6 Å². The molecular weight excluding hydrogens is 478 g/mol. The Morgan fingerprint density at radius 2 is 1.22 bits per heavy atom.